The van der Waals surface area contributed by atoms with Crippen LogP contribution in [0.25, 0.3) is 0 Å². The first-order valence-corrected chi connectivity index (χ1v) is 4.65. The zero-order valence-electron chi connectivity index (χ0n) is 6.67. The van der Waals surface area contributed by atoms with Crippen LogP contribution < -0.4 is 0 Å². The lowest BCUT2D eigenvalue weighted by atomic mass is 10.2. The quantitative estimate of drug-likeness (QED) is 0.759. The average molecular weight is 248 g/mol. The molecule has 1 aromatic heterocycles. The fourth-order valence-corrected chi connectivity index (χ4v) is 1.48. The van der Waals surface area contributed by atoms with Crippen LogP contribution in [-0.4, -0.2) is 30.1 Å². The van der Waals surface area contributed by atoms with Crippen LogP contribution in [0.1, 0.15) is 10.6 Å². The predicted molar refractivity (Wildman–Crippen MR) is 47.2 cm³/mol. The molecule has 1 fully saturated rings. The lowest BCUT2D eigenvalue weighted by Crippen LogP contribution is -2.51. The number of carbonyl (C=O) groups is 1. The molecule has 1 saturated heterocycles. The molecule has 1 aliphatic rings. The molecule has 0 aromatic carbocycles. The van der Waals surface area contributed by atoms with Crippen molar-refractivity contribution in [2.45, 2.75) is 6.17 Å². The third-order valence-electron chi connectivity index (χ3n) is 1.91. The Bertz CT molecular complexity index is 333. The zero-order valence-corrected chi connectivity index (χ0v) is 8.25. The van der Waals surface area contributed by atoms with Crippen molar-refractivity contribution >= 4 is 21.8 Å². The van der Waals surface area contributed by atoms with E-state index in [0.717, 1.165) is 0 Å². The molecule has 70 valence electrons. The van der Waals surface area contributed by atoms with Crippen molar-refractivity contribution in [3.8, 4) is 0 Å². The van der Waals surface area contributed by atoms with E-state index in [-0.39, 0.29) is 24.8 Å². The molecule has 3 nitrogen and oxygen atoms in total. The summed E-state index contributed by atoms with van der Waals surface area (Å²) in [6.07, 6.45) is -0.873. The molecule has 0 unspecified atom stereocenters. The summed E-state index contributed by atoms with van der Waals surface area (Å²) in [5.41, 5.74) is 0. The van der Waals surface area contributed by atoms with Gasteiger partial charge in [-0.1, -0.05) is 0 Å². The summed E-state index contributed by atoms with van der Waals surface area (Å²) in [4.78, 5) is 12.8. The van der Waals surface area contributed by atoms with Crippen molar-refractivity contribution in [1.29, 1.82) is 0 Å². The fraction of sp³-hybridized carbons (Fsp3) is 0.375. The van der Waals surface area contributed by atoms with Crippen molar-refractivity contribution < 1.29 is 13.6 Å². The molecule has 0 bridgehead atoms. The van der Waals surface area contributed by atoms with E-state index in [2.05, 4.69) is 15.9 Å². The SMILES string of the molecule is O=C(c1ccc(Br)o1)N1CC(F)C1. The second kappa shape index (κ2) is 3.14. The van der Waals surface area contributed by atoms with E-state index in [1.54, 1.807) is 12.1 Å². The Morgan fingerprint density at radius 2 is 2.31 bits per heavy atom. The van der Waals surface area contributed by atoms with Crippen molar-refractivity contribution in [3.63, 3.8) is 0 Å². The molecule has 1 aliphatic heterocycles. The Morgan fingerprint density at radius 1 is 1.62 bits per heavy atom. The summed E-state index contributed by atoms with van der Waals surface area (Å²) in [5, 5.41) is 0. The molecule has 0 aliphatic carbocycles. The number of nitrogens with zero attached hydrogens (tertiary/aromatic N) is 1. The lowest BCUT2D eigenvalue weighted by Gasteiger charge is -2.33. The zero-order chi connectivity index (χ0) is 9.42. The summed E-state index contributed by atoms with van der Waals surface area (Å²) < 4.78 is 18.0. The van der Waals surface area contributed by atoms with Crippen LogP contribution in [0.15, 0.2) is 21.2 Å². The summed E-state index contributed by atoms with van der Waals surface area (Å²) in [7, 11) is 0. The second-order valence-electron chi connectivity index (χ2n) is 2.91. The van der Waals surface area contributed by atoms with Gasteiger partial charge in [-0.05, 0) is 28.1 Å². The van der Waals surface area contributed by atoms with Gasteiger partial charge < -0.3 is 9.32 Å². The first-order valence-electron chi connectivity index (χ1n) is 3.85. The van der Waals surface area contributed by atoms with Gasteiger partial charge in [-0.25, -0.2) is 4.39 Å². The number of hydrogen-bond donors (Lipinski definition) is 0. The predicted octanol–water partition coefficient (Wildman–Crippen LogP) is 1.84. The highest BCUT2D eigenvalue weighted by molar-refractivity contribution is 9.10. The topological polar surface area (TPSA) is 33.5 Å². The van der Waals surface area contributed by atoms with Gasteiger partial charge >= 0.3 is 0 Å². The van der Waals surface area contributed by atoms with Gasteiger partial charge in [0, 0.05) is 0 Å². The highest BCUT2D eigenvalue weighted by Crippen LogP contribution is 2.19. The number of halogens is 2. The standard InChI is InChI=1S/C8H7BrFNO2/c9-7-2-1-6(13-7)8(12)11-3-5(10)4-11/h1-2,5H,3-4H2. The number of likely N-dealkylation sites (tertiary alicyclic amines) is 1. The number of furan rings is 1. The molecular weight excluding hydrogens is 241 g/mol. The van der Waals surface area contributed by atoms with E-state index in [1.165, 1.54) is 4.90 Å². The minimum absolute atomic E-state index is 0.178. The fourth-order valence-electron chi connectivity index (χ4n) is 1.18. The molecule has 5 heteroatoms. The van der Waals surface area contributed by atoms with Crippen LogP contribution >= 0.6 is 15.9 Å². The molecule has 13 heavy (non-hydrogen) atoms. The van der Waals surface area contributed by atoms with Gasteiger partial charge in [0.15, 0.2) is 10.4 Å². The van der Waals surface area contributed by atoms with Gasteiger partial charge in [-0.15, -0.1) is 0 Å². The van der Waals surface area contributed by atoms with E-state index >= 15 is 0 Å². The molecule has 1 amide bonds. The van der Waals surface area contributed by atoms with E-state index in [9.17, 15) is 9.18 Å². The number of amides is 1. The van der Waals surface area contributed by atoms with Gasteiger partial charge in [0.2, 0.25) is 0 Å². The van der Waals surface area contributed by atoms with Crippen molar-refractivity contribution in [1.82, 2.24) is 4.90 Å². The Kier molecular flexibility index (Phi) is 2.11. The van der Waals surface area contributed by atoms with Crippen LogP contribution in [0.3, 0.4) is 0 Å². The van der Waals surface area contributed by atoms with Gasteiger partial charge in [-0.3, -0.25) is 4.79 Å². The molecule has 0 radical (unpaired) electrons. The van der Waals surface area contributed by atoms with Crippen molar-refractivity contribution in [3.05, 3.63) is 22.6 Å². The second-order valence-corrected chi connectivity index (χ2v) is 3.69. The van der Waals surface area contributed by atoms with E-state index < -0.39 is 6.17 Å². The number of hydrogen-bond acceptors (Lipinski definition) is 2. The molecule has 2 heterocycles. The molecule has 2 rings (SSSR count). The summed E-state index contributed by atoms with van der Waals surface area (Å²) >= 11 is 3.09. The monoisotopic (exact) mass is 247 g/mol. The molecular formula is C8H7BrFNO2. The Morgan fingerprint density at radius 3 is 2.77 bits per heavy atom. The summed E-state index contributed by atoms with van der Waals surface area (Å²) in [5.74, 6) is -0.00150. The number of rotatable bonds is 1. The average Bonchev–Trinajstić information content (AvgIpc) is 2.45. The molecule has 1 aromatic rings. The van der Waals surface area contributed by atoms with Crippen molar-refractivity contribution in [2.24, 2.45) is 0 Å². The normalized spacial score (nSPS) is 17.2. The van der Waals surface area contributed by atoms with Gasteiger partial charge in [-0.2, -0.15) is 0 Å². The summed E-state index contributed by atoms with van der Waals surface area (Å²) in [6, 6.07) is 3.21. The Balaban J connectivity index is 2.06. The number of alkyl halides is 1. The maximum atomic E-state index is 12.4. The highest BCUT2D eigenvalue weighted by atomic mass is 79.9. The molecule has 0 spiro atoms. The van der Waals surface area contributed by atoms with Crippen LogP contribution in [0.4, 0.5) is 4.39 Å². The van der Waals surface area contributed by atoms with E-state index in [1.807, 2.05) is 0 Å². The lowest BCUT2D eigenvalue weighted by molar-refractivity contribution is 0.0370. The molecule has 0 N–H and O–H groups in total. The Hall–Kier alpha value is -0.840. The maximum absolute atomic E-state index is 12.4. The van der Waals surface area contributed by atoms with Gasteiger partial charge in [0.05, 0.1) is 13.1 Å². The van der Waals surface area contributed by atoms with E-state index in [0.29, 0.717) is 4.67 Å². The minimum Gasteiger partial charge on any atom is -0.444 e. The first kappa shape index (κ1) is 8.74. The van der Waals surface area contributed by atoms with Gasteiger partial charge in [0.25, 0.3) is 5.91 Å². The van der Waals surface area contributed by atoms with Gasteiger partial charge in [0.1, 0.15) is 6.17 Å². The molecule has 0 saturated carbocycles. The van der Waals surface area contributed by atoms with Crippen LogP contribution in [0.5, 0.6) is 0 Å². The highest BCUT2D eigenvalue weighted by Gasteiger charge is 2.32. The third kappa shape index (κ3) is 1.60. The summed E-state index contributed by atoms with van der Waals surface area (Å²) in [6.45, 7) is 0.355. The van der Waals surface area contributed by atoms with Crippen LogP contribution in [-0.2, 0) is 0 Å². The largest absolute Gasteiger partial charge is 0.444 e. The maximum Gasteiger partial charge on any atom is 0.289 e. The van der Waals surface area contributed by atoms with Crippen LogP contribution in [0.2, 0.25) is 0 Å². The first-order chi connectivity index (χ1) is 6.16. The smallest absolute Gasteiger partial charge is 0.289 e. The Labute approximate surface area is 82.6 Å². The minimum atomic E-state index is -0.873. The third-order valence-corrected chi connectivity index (χ3v) is 2.33. The molecule has 0 atom stereocenters. The van der Waals surface area contributed by atoms with E-state index in [4.69, 9.17) is 4.42 Å². The van der Waals surface area contributed by atoms with Crippen LogP contribution in [0, 0.1) is 0 Å². The van der Waals surface area contributed by atoms with Crippen molar-refractivity contribution in [2.75, 3.05) is 13.1 Å². The number of carbonyl (C=O) groups excluding carboxylic acids is 1.